The highest BCUT2D eigenvalue weighted by atomic mass is 28.1. The maximum absolute atomic E-state index is 3.47. The first-order valence-corrected chi connectivity index (χ1v) is 5.05. The Bertz CT molecular complexity index is 106. The Balaban J connectivity index is 4.26. The van der Waals surface area contributed by atoms with Gasteiger partial charge in [-0.3, -0.25) is 15.1 Å². The second-order valence-corrected chi connectivity index (χ2v) is 4.73. The fourth-order valence-corrected chi connectivity index (χ4v) is 1.40. The topological polar surface area (TPSA) is 18.5 Å². The lowest BCUT2D eigenvalue weighted by atomic mass is 10.5. The summed E-state index contributed by atoms with van der Waals surface area (Å²) in [4.78, 5) is 4.45. The van der Waals surface area contributed by atoms with Gasteiger partial charge in [-0.1, -0.05) is 6.92 Å². The molecule has 0 aromatic rings. The molecule has 0 aliphatic carbocycles. The SMILES string of the molecule is CCNC([SiH3])(N(C)C)N(C)C. The van der Waals surface area contributed by atoms with Crippen LogP contribution >= 0.6 is 0 Å². The lowest BCUT2D eigenvalue weighted by molar-refractivity contribution is 0.0530. The van der Waals surface area contributed by atoms with E-state index in [1.54, 1.807) is 0 Å². The molecule has 68 valence electrons. The minimum Gasteiger partial charge on any atom is -0.291 e. The molecule has 0 radical (unpaired) electrons. The van der Waals surface area contributed by atoms with E-state index in [9.17, 15) is 0 Å². The number of nitrogens with zero attached hydrogens (tertiary/aromatic N) is 2. The lowest BCUT2D eigenvalue weighted by Crippen LogP contribution is -2.65. The molecule has 0 fully saturated rings. The van der Waals surface area contributed by atoms with Crippen molar-refractivity contribution in [2.75, 3.05) is 34.7 Å². The van der Waals surface area contributed by atoms with E-state index in [1.807, 2.05) is 0 Å². The van der Waals surface area contributed by atoms with Gasteiger partial charge < -0.3 is 0 Å². The third-order valence-corrected chi connectivity index (χ3v) is 4.40. The lowest BCUT2D eigenvalue weighted by Gasteiger charge is -2.43. The van der Waals surface area contributed by atoms with Crippen LogP contribution in [0.3, 0.4) is 0 Å². The number of hydrogen-bond acceptors (Lipinski definition) is 3. The maximum Gasteiger partial charge on any atom is 0.101 e. The van der Waals surface area contributed by atoms with Crippen LogP contribution in [0.4, 0.5) is 0 Å². The Labute approximate surface area is 73.2 Å². The second-order valence-electron chi connectivity index (χ2n) is 3.34. The van der Waals surface area contributed by atoms with Gasteiger partial charge in [0.15, 0.2) is 0 Å². The first-order chi connectivity index (χ1) is 4.95. The highest BCUT2D eigenvalue weighted by Gasteiger charge is 2.26. The summed E-state index contributed by atoms with van der Waals surface area (Å²) in [5, 5.41) is 3.47. The molecular weight excluding hydrogens is 154 g/mol. The van der Waals surface area contributed by atoms with Crippen molar-refractivity contribution in [1.82, 2.24) is 15.1 Å². The van der Waals surface area contributed by atoms with E-state index in [4.69, 9.17) is 0 Å². The average molecular weight is 175 g/mol. The summed E-state index contributed by atoms with van der Waals surface area (Å²) in [7, 11) is 9.51. The highest BCUT2D eigenvalue weighted by Crippen LogP contribution is 2.04. The molecule has 0 aromatic heterocycles. The van der Waals surface area contributed by atoms with Gasteiger partial charge in [-0.05, 0) is 34.7 Å². The van der Waals surface area contributed by atoms with Gasteiger partial charge in [0.25, 0.3) is 0 Å². The summed E-state index contributed by atoms with van der Waals surface area (Å²) in [5.41, 5.74) is 0.106. The van der Waals surface area contributed by atoms with E-state index in [2.05, 4.69) is 50.2 Å². The molecule has 0 rings (SSSR count). The van der Waals surface area contributed by atoms with Gasteiger partial charge in [-0.15, -0.1) is 0 Å². The van der Waals surface area contributed by atoms with Crippen molar-refractivity contribution < 1.29 is 0 Å². The highest BCUT2D eigenvalue weighted by molar-refractivity contribution is 6.14. The maximum atomic E-state index is 3.47. The fraction of sp³-hybridized carbons (Fsp3) is 1.00. The first-order valence-electron chi connectivity index (χ1n) is 4.05. The molecule has 0 aliphatic rings. The van der Waals surface area contributed by atoms with Crippen LogP contribution in [0.25, 0.3) is 0 Å². The van der Waals surface area contributed by atoms with Crippen molar-refractivity contribution in [2.24, 2.45) is 0 Å². The largest absolute Gasteiger partial charge is 0.291 e. The molecule has 0 aromatic carbocycles. The van der Waals surface area contributed by atoms with Crippen molar-refractivity contribution in [3.63, 3.8) is 0 Å². The fourth-order valence-electron chi connectivity index (χ4n) is 1.05. The molecule has 0 bridgehead atoms. The van der Waals surface area contributed by atoms with Crippen LogP contribution in [0.5, 0.6) is 0 Å². The van der Waals surface area contributed by atoms with Crippen molar-refractivity contribution in [2.45, 2.75) is 12.3 Å². The van der Waals surface area contributed by atoms with Crippen molar-refractivity contribution >= 4 is 10.2 Å². The van der Waals surface area contributed by atoms with Crippen LogP contribution in [-0.4, -0.2) is 60.2 Å². The summed E-state index contributed by atoms with van der Waals surface area (Å²) in [5.74, 6) is 0. The van der Waals surface area contributed by atoms with Gasteiger partial charge in [-0.2, -0.15) is 0 Å². The smallest absolute Gasteiger partial charge is 0.101 e. The van der Waals surface area contributed by atoms with E-state index in [1.165, 1.54) is 0 Å². The molecule has 0 saturated carbocycles. The molecule has 0 saturated heterocycles. The van der Waals surface area contributed by atoms with Crippen LogP contribution in [0.1, 0.15) is 6.92 Å². The summed E-state index contributed by atoms with van der Waals surface area (Å²) in [6.07, 6.45) is 0. The van der Waals surface area contributed by atoms with Gasteiger partial charge in [0.1, 0.15) is 5.41 Å². The summed E-state index contributed by atoms with van der Waals surface area (Å²) in [6.45, 7) is 3.15. The molecular formula is C7H21N3Si. The van der Waals surface area contributed by atoms with E-state index >= 15 is 0 Å². The normalized spacial score (nSPS) is 13.4. The Hall–Kier alpha value is 0.0969. The zero-order valence-electron chi connectivity index (χ0n) is 8.60. The zero-order valence-corrected chi connectivity index (χ0v) is 10.6. The quantitative estimate of drug-likeness (QED) is 0.423. The summed E-state index contributed by atoms with van der Waals surface area (Å²) in [6, 6.07) is 0. The Morgan fingerprint density at radius 1 is 1.18 bits per heavy atom. The zero-order chi connectivity index (χ0) is 9.07. The molecule has 1 N–H and O–H groups in total. The van der Waals surface area contributed by atoms with Crippen LogP contribution in [0.15, 0.2) is 0 Å². The number of nitrogens with one attached hydrogen (secondary N) is 1. The Kier molecular flexibility index (Phi) is 4.24. The van der Waals surface area contributed by atoms with Crippen LogP contribution < -0.4 is 5.32 Å². The number of hydrogen-bond donors (Lipinski definition) is 1. The predicted molar refractivity (Wildman–Crippen MR) is 53.7 cm³/mol. The van der Waals surface area contributed by atoms with Gasteiger partial charge >= 0.3 is 0 Å². The molecule has 4 heteroatoms. The van der Waals surface area contributed by atoms with Gasteiger partial charge in [0.05, 0.1) is 10.2 Å². The van der Waals surface area contributed by atoms with Crippen molar-refractivity contribution in [3.05, 3.63) is 0 Å². The van der Waals surface area contributed by atoms with Crippen LogP contribution in [0.2, 0.25) is 0 Å². The van der Waals surface area contributed by atoms with Crippen LogP contribution in [0, 0.1) is 0 Å². The molecule has 0 amide bonds. The van der Waals surface area contributed by atoms with Crippen molar-refractivity contribution in [3.8, 4) is 0 Å². The van der Waals surface area contributed by atoms with Gasteiger partial charge in [0, 0.05) is 0 Å². The standard InChI is InChI=1S/C7H21N3Si/c1-6-8-7(11,9(2)3)10(4)5/h8H,6H2,1-5,11H3. The first kappa shape index (κ1) is 11.1. The van der Waals surface area contributed by atoms with E-state index in [0.717, 1.165) is 16.8 Å². The van der Waals surface area contributed by atoms with Crippen LogP contribution in [-0.2, 0) is 0 Å². The summed E-state index contributed by atoms with van der Waals surface area (Å²) < 4.78 is 0. The average Bonchev–Trinajstić information content (AvgIpc) is 1.87. The molecule has 0 heterocycles. The minimum absolute atomic E-state index is 0.106. The molecule has 0 spiro atoms. The van der Waals surface area contributed by atoms with E-state index in [-0.39, 0.29) is 5.41 Å². The molecule has 11 heavy (non-hydrogen) atoms. The molecule has 0 atom stereocenters. The Morgan fingerprint density at radius 2 is 1.55 bits per heavy atom. The van der Waals surface area contributed by atoms with Crippen molar-refractivity contribution in [1.29, 1.82) is 0 Å². The Morgan fingerprint density at radius 3 is 1.64 bits per heavy atom. The summed E-state index contributed by atoms with van der Waals surface area (Å²) >= 11 is 0. The molecule has 3 nitrogen and oxygen atoms in total. The third-order valence-electron chi connectivity index (χ3n) is 2.25. The molecule has 0 unspecified atom stereocenters. The minimum atomic E-state index is 0.106. The third kappa shape index (κ3) is 2.55. The van der Waals surface area contributed by atoms with E-state index in [0.29, 0.717) is 0 Å². The predicted octanol–water partition coefficient (Wildman–Crippen LogP) is -1.30. The monoisotopic (exact) mass is 175 g/mol. The van der Waals surface area contributed by atoms with Gasteiger partial charge in [0.2, 0.25) is 0 Å². The van der Waals surface area contributed by atoms with Gasteiger partial charge in [-0.25, -0.2) is 0 Å². The molecule has 0 aliphatic heterocycles. The van der Waals surface area contributed by atoms with E-state index < -0.39 is 0 Å². The second kappa shape index (κ2) is 4.20. The number of rotatable bonds is 4.